The highest BCUT2D eigenvalue weighted by molar-refractivity contribution is 6.09. The lowest BCUT2D eigenvalue weighted by Crippen LogP contribution is -2.44. The molecular weight excluding hydrogens is 218 g/mol. The fraction of sp³-hybridized carbons (Fsp3) is 0.833. The summed E-state index contributed by atoms with van der Waals surface area (Å²) < 4.78 is 0. The second-order valence-electron chi connectivity index (χ2n) is 5.40. The monoisotopic (exact) mass is 239 g/mol. The van der Waals surface area contributed by atoms with Crippen LogP contribution in [0, 0.1) is 11.3 Å². The molecule has 1 aliphatic carbocycles. The molecule has 2 fully saturated rings. The number of rotatable bonds is 2. The van der Waals surface area contributed by atoms with Gasteiger partial charge in [0.1, 0.15) is 5.41 Å². The van der Waals surface area contributed by atoms with Crippen molar-refractivity contribution in [2.24, 2.45) is 22.2 Å². The molecule has 2 aliphatic rings. The van der Waals surface area contributed by atoms with Gasteiger partial charge in [-0.05, 0) is 38.0 Å². The van der Waals surface area contributed by atoms with Crippen molar-refractivity contribution >= 4 is 11.7 Å². The van der Waals surface area contributed by atoms with Gasteiger partial charge in [0.05, 0.1) is 0 Å². The van der Waals surface area contributed by atoms with E-state index in [1.165, 1.54) is 6.42 Å². The van der Waals surface area contributed by atoms with Crippen molar-refractivity contribution in [3.8, 4) is 0 Å². The van der Waals surface area contributed by atoms with Crippen LogP contribution in [0.1, 0.15) is 39.0 Å². The number of carbonyl (C=O) groups excluding carboxylic acids is 1. The first kappa shape index (κ1) is 12.2. The van der Waals surface area contributed by atoms with E-state index in [9.17, 15) is 4.79 Å². The average molecular weight is 239 g/mol. The Morgan fingerprint density at radius 2 is 2.12 bits per heavy atom. The predicted octanol–water partition coefficient (Wildman–Crippen LogP) is 1.16. The highest BCUT2D eigenvalue weighted by atomic mass is 16.4. The van der Waals surface area contributed by atoms with Gasteiger partial charge in [0.15, 0.2) is 5.84 Å². The van der Waals surface area contributed by atoms with Crippen LogP contribution in [0.5, 0.6) is 0 Å². The maximum absolute atomic E-state index is 12.4. The van der Waals surface area contributed by atoms with E-state index >= 15 is 0 Å². The summed E-state index contributed by atoms with van der Waals surface area (Å²) >= 11 is 0. The van der Waals surface area contributed by atoms with Gasteiger partial charge in [-0.3, -0.25) is 4.79 Å². The Morgan fingerprint density at radius 1 is 1.41 bits per heavy atom. The molecule has 1 saturated heterocycles. The number of amidine groups is 1. The lowest BCUT2D eigenvalue weighted by molar-refractivity contribution is -0.134. The maximum atomic E-state index is 12.4. The quantitative estimate of drug-likeness (QED) is 0.328. The molecule has 5 heteroatoms. The van der Waals surface area contributed by atoms with Crippen molar-refractivity contribution in [3.63, 3.8) is 0 Å². The second kappa shape index (κ2) is 4.55. The molecule has 0 bridgehead atoms. The molecule has 1 amide bonds. The van der Waals surface area contributed by atoms with E-state index < -0.39 is 5.41 Å². The molecule has 17 heavy (non-hydrogen) atoms. The van der Waals surface area contributed by atoms with E-state index in [1.807, 2.05) is 4.90 Å². The number of amides is 1. The Morgan fingerprint density at radius 3 is 2.71 bits per heavy atom. The van der Waals surface area contributed by atoms with Gasteiger partial charge in [-0.25, -0.2) is 0 Å². The third-order valence-corrected chi connectivity index (χ3v) is 4.06. The van der Waals surface area contributed by atoms with Crippen LogP contribution in [0.3, 0.4) is 0 Å². The molecule has 0 spiro atoms. The molecule has 0 aromatic heterocycles. The van der Waals surface area contributed by atoms with Crippen LogP contribution in [-0.4, -0.2) is 34.9 Å². The second-order valence-corrected chi connectivity index (χ2v) is 5.40. The summed E-state index contributed by atoms with van der Waals surface area (Å²) in [7, 11) is 0. The molecule has 1 unspecified atom stereocenters. The third-order valence-electron chi connectivity index (χ3n) is 4.06. The van der Waals surface area contributed by atoms with Crippen molar-refractivity contribution in [2.75, 3.05) is 13.1 Å². The minimum atomic E-state index is -0.678. The fourth-order valence-electron chi connectivity index (χ4n) is 2.57. The molecular formula is C12H21N3O2. The lowest BCUT2D eigenvalue weighted by atomic mass is 10.0. The van der Waals surface area contributed by atoms with E-state index in [1.54, 1.807) is 0 Å². The van der Waals surface area contributed by atoms with Crippen LogP contribution < -0.4 is 5.73 Å². The Balaban J connectivity index is 2.05. The molecule has 3 N–H and O–H groups in total. The van der Waals surface area contributed by atoms with Gasteiger partial charge in [-0.1, -0.05) is 12.1 Å². The topological polar surface area (TPSA) is 78.9 Å². The van der Waals surface area contributed by atoms with Crippen molar-refractivity contribution in [3.05, 3.63) is 0 Å². The Labute approximate surface area is 102 Å². The van der Waals surface area contributed by atoms with Gasteiger partial charge in [-0.2, -0.15) is 0 Å². The standard InChI is InChI=1S/C12H21N3O2/c1-9-3-2-7-15(8-4-9)11(16)12(5-6-12)10(13)14-17/h9,17H,2-8H2,1H3,(H2,13,14). The summed E-state index contributed by atoms with van der Waals surface area (Å²) in [5, 5.41) is 11.8. The molecule has 1 heterocycles. The average Bonchev–Trinajstić information content (AvgIpc) is 3.12. The van der Waals surface area contributed by atoms with Crippen LogP contribution in [0.15, 0.2) is 5.16 Å². The number of hydrogen-bond acceptors (Lipinski definition) is 3. The number of hydrogen-bond donors (Lipinski definition) is 2. The van der Waals surface area contributed by atoms with E-state index in [2.05, 4.69) is 12.1 Å². The predicted molar refractivity (Wildman–Crippen MR) is 64.7 cm³/mol. The summed E-state index contributed by atoms with van der Waals surface area (Å²) in [6.45, 7) is 3.84. The first-order valence-electron chi connectivity index (χ1n) is 6.37. The first-order chi connectivity index (χ1) is 8.10. The van der Waals surface area contributed by atoms with Crippen LogP contribution >= 0.6 is 0 Å². The van der Waals surface area contributed by atoms with Crippen molar-refractivity contribution in [1.82, 2.24) is 4.90 Å². The normalized spacial score (nSPS) is 28.6. The number of likely N-dealkylation sites (tertiary alicyclic amines) is 1. The molecule has 1 aliphatic heterocycles. The van der Waals surface area contributed by atoms with Crippen LogP contribution in [-0.2, 0) is 4.79 Å². The summed E-state index contributed by atoms with van der Waals surface area (Å²) in [4.78, 5) is 14.3. The first-order valence-corrected chi connectivity index (χ1v) is 6.37. The Hall–Kier alpha value is -1.26. The van der Waals surface area contributed by atoms with E-state index in [0.717, 1.165) is 25.9 Å². The molecule has 0 aromatic rings. The van der Waals surface area contributed by atoms with Crippen molar-refractivity contribution in [2.45, 2.75) is 39.0 Å². The van der Waals surface area contributed by atoms with Gasteiger partial charge in [0.25, 0.3) is 0 Å². The number of carbonyl (C=O) groups is 1. The van der Waals surface area contributed by atoms with Crippen LogP contribution in [0.4, 0.5) is 0 Å². The third kappa shape index (κ3) is 2.23. The smallest absolute Gasteiger partial charge is 0.236 e. The highest BCUT2D eigenvalue weighted by Crippen LogP contribution is 2.47. The molecule has 1 saturated carbocycles. The fourth-order valence-corrected chi connectivity index (χ4v) is 2.57. The van der Waals surface area contributed by atoms with Crippen LogP contribution in [0.2, 0.25) is 0 Å². The number of nitrogens with two attached hydrogens (primary N) is 1. The van der Waals surface area contributed by atoms with Gasteiger partial charge in [0, 0.05) is 13.1 Å². The zero-order chi connectivity index (χ0) is 12.5. The summed E-state index contributed by atoms with van der Waals surface area (Å²) in [5.74, 6) is 0.827. The largest absolute Gasteiger partial charge is 0.409 e. The minimum Gasteiger partial charge on any atom is -0.409 e. The zero-order valence-electron chi connectivity index (χ0n) is 10.4. The summed E-state index contributed by atoms with van der Waals surface area (Å²) in [5.41, 5.74) is 4.96. The minimum absolute atomic E-state index is 0.0573. The molecule has 0 aromatic carbocycles. The summed E-state index contributed by atoms with van der Waals surface area (Å²) in [6, 6.07) is 0. The van der Waals surface area contributed by atoms with Gasteiger partial charge < -0.3 is 15.8 Å². The SMILES string of the molecule is CC1CCCN(C(=O)C2(C(N)=NO)CC2)CC1. The molecule has 2 rings (SSSR count). The number of oxime groups is 1. The van der Waals surface area contributed by atoms with E-state index in [4.69, 9.17) is 10.9 Å². The summed E-state index contributed by atoms with van der Waals surface area (Å²) in [6.07, 6.45) is 4.72. The van der Waals surface area contributed by atoms with Gasteiger partial charge in [-0.15, -0.1) is 0 Å². The van der Waals surface area contributed by atoms with Gasteiger partial charge in [0.2, 0.25) is 5.91 Å². The molecule has 96 valence electrons. The Kier molecular flexibility index (Phi) is 3.26. The molecule has 5 nitrogen and oxygen atoms in total. The lowest BCUT2D eigenvalue weighted by Gasteiger charge is -2.25. The molecule has 1 atom stereocenters. The number of nitrogens with zero attached hydrogens (tertiary/aromatic N) is 2. The van der Waals surface area contributed by atoms with E-state index in [0.29, 0.717) is 18.8 Å². The zero-order valence-corrected chi connectivity index (χ0v) is 10.4. The van der Waals surface area contributed by atoms with Crippen molar-refractivity contribution in [1.29, 1.82) is 0 Å². The highest BCUT2D eigenvalue weighted by Gasteiger charge is 2.55. The van der Waals surface area contributed by atoms with Crippen molar-refractivity contribution < 1.29 is 10.0 Å². The molecule has 0 radical (unpaired) electrons. The Bertz CT molecular complexity index is 337. The van der Waals surface area contributed by atoms with Gasteiger partial charge >= 0.3 is 0 Å². The van der Waals surface area contributed by atoms with Crippen LogP contribution in [0.25, 0.3) is 0 Å². The maximum Gasteiger partial charge on any atom is 0.236 e. The van der Waals surface area contributed by atoms with E-state index in [-0.39, 0.29) is 11.7 Å².